The summed E-state index contributed by atoms with van der Waals surface area (Å²) in [6.07, 6.45) is 7.99. The number of hydrogen-bond acceptors (Lipinski definition) is 8. The van der Waals surface area contributed by atoms with Gasteiger partial charge in [-0.15, -0.1) is 5.10 Å². The van der Waals surface area contributed by atoms with Crippen LogP contribution >= 0.6 is 0 Å². The maximum absolute atomic E-state index is 12.5. The SMILES string of the molecule is CC.CCC(=O)C(C)(C)COC(C)(C)CCNC(=O)CCCc1cn(CCCCCC(=O)NC(COCC(C)C)COCC(C)C)nn1. The quantitative estimate of drug-likeness (QED) is 0.103. The number of rotatable bonds is 27. The first-order chi connectivity index (χ1) is 22.6. The van der Waals surface area contributed by atoms with Gasteiger partial charge in [-0.2, -0.15) is 0 Å². The highest BCUT2D eigenvalue weighted by atomic mass is 16.5. The third-order valence-electron chi connectivity index (χ3n) is 7.57. The molecule has 1 rings (SSSR count). The van der Waals surface area contributed by atoms with E-state index in [-0.39, 0.29) is 23.6 Å². The van der Waals surface area contributed by atoms with Gasteiger partial charge < -0.3 is 24.8 Å². The third-order valence-corrected chi connectivity index (χ3v) is 7.57. The fourth-order valence-corrected chi connectivity index (χ4v) is 4.65. The number of hydrogen-bond donors (Lipinski definition) is 2. The molecule has 0 bridgehead atoms. The van der Waals surface area contributed by atoms with Gasteiger partial charge in [0.25, 0.3) is 0 Å². The van der Waals surface area contributed by atoms with Gasteiger partial charge in [0.1, 0.15) is 5.78 Å². The van der Waals surface area contributed by atoms with E-state index in [0.29, 0.717) is 89.9 Å². The molecular formula is C37H71N5O6. The molecular weight excluding hydrogens is 610 g/mol. The normalized spacial score (nSPS) is 12.0. The second-order valence-electron chi connectivity index (χ2n) is 14.6. The van der Waals surface area contributed by atoms with Crippen LogP contribution < -0.4 is 10.6 Å². The number of amides is 2. The molecule has 0 fully saturated rings. The number of aromatic nitrogens is 3. The van der Waals surface area contributed by atoms with Crippen LogP contribution in [0.25, 0.3) is 0 Å². The first-order valence-electron chi connectivity index (χ1n) is 18.4. The van der Waals surface area contributed by atoms with Crippen molar-refractivity contribution in [2.75, 3.05) is 39.6 Å². The first-order valence-corrected chi connectivity index (χ1v) is 18.4. The van der Waals surface area contributed by atoms with Crippen molar-refractivity contribution in [1.82, 2.24) is 25.6 Å². The van der Waals surface area contributed by atoms with E-state index in [1.807, 2.05) is 59.3 Å². The van der Waals surface area contributed by atoms with Crippen LogP contribution in [0.3, 0.4) is 0 Å². The molecule has 0 aliphatic rings. The highest BCUT2D eigenvalue weighted by Crippen LogP contribution is 2.24. The van der Waals surface area contributed by atoms with Crippen LogP contribution in [0.15, 0.2) is 6.20 Å². The Morgan fingerprint density at radius 3 is 2.04 bits per heavy atom. The van der Waals surface area contributed by atoms with Crippen molar-refractivity contribution in [1.29, 1.82) is 0 Å². The Bertz CT molecular complexity index is 994. The van der Waals surface area contributed by atoms with E-state index in [1.165, 1.54) is 0 Å². The molecule has 0 aliphatic carbocycles. The fraction of sp³-hybridized carbons (Fsp3) is 0.865. The number of unbranched alkanes of at least 4 members (excludes halogenated alkanes) is 2. The van der Waals surface area contributed by atoms with Crippen molar-refractivity contribution in [3.63, 3.8) is 0 Å². The molecule has 0 spiro atoms. The maximum atomic E-state index is 12.5. The van der Waals surface area contributed by atoms with Crippen LogP contribution in [0.1, 0.15) is 133 Å². The number of ketones is 1. The van der Waals surface area contributed by atoms with Gasteiger partial charge in [0.05, 0.1) is 37.2 Å². The second kappa shape index (κ2) is 25.6. The van der Waals surface area contributed by atoms with E-state index in [1.54, 1.807) is 0 Å². The van der Waals surface area contributed by atoms with Crippen molar-refractivity contribution in [2.24, 2.45) is 17.3 Å². The Balaban J connectivity index is 0.0000108. The number of aryl methyl sites for hydroxylation is 2. The lowest BCUT2D eigenvalue weighted by Gasteiger charge is -2.31. The van der Waals surface area contributed by atoms with Crippen LogP contribution in [0, 0.1) is 17.3 Å². The van der Waals surface area contributed by atoms with Gasteiger partial charge >= 0.3 is 0 Å². The molecule has 2 N–H and O–H groups in total. The molecule has 11 nitrogen and oxygen atoms in total. The zero-order chi connectivity index (χ0) is 36.6. The van der Waals surface area contributed by atoms with Crippen LogP contribution in [-0.4, -0.2) is 83.8 Å². The van der Waals surface area contributed by atoms with E-state index < -0.39 is 11.0 Å². The highest BCUT2D eigenvalue weighted by molar-refractivity contribution is 5.83. The Morgan fingerprint density at radius 2 is 1.46 bits per heavy atom. The van der Waals surface area contributed by atoms with Crippen molar-refractivity contribution >= 4 is 17.6 Å². The lowest BCUT2D eigenvalue weighted by Crippen LogP contribution is -2.42. The minimum atomic E-state index is -0.509. The van der Waals surface area contributed by atoms with Gasteiger partial charge in [0, 0.05) is 57.2 Å². The minimum Gasteiger partial charge on any atom is -0.379 e. The highest BCUT2D eigenvalue weighted by Gasteiger charge is 2.29. The van der Waals surface area contributed by atoms with Crippen molar-refractivity contribution in [3.05, 3.63) is 11.9 Å². The average molecular weight is 682 g/mol. The summed E-state index contributed by atoms with van der Waals surface area (Å²) in [5.74, 6) is 1.11. The summed E-state index contributed by atoms with van der Waals surface area (Å²) in [7, 11) is 0. The molecule has 0 unspecified atom stereocenters. The average Bonchev–Trinajstić information content (AvgIpc) is 3.47. The second-order valence-corrected chi connectivity index (χ2v) is 14.6. The Labute approximate surface area is 292 Å². The van der Waals surface area contributed by atoms with Crippen molar-refractivity contribution in [3.8, 4) is 0 Å². The van der Waals surface area contributed by atoms with E-state index in [0.717, 1.165) is 31.5 Å². The monoisotopic (exact) mass is 682 g/mol. The number of Topliss-reactive ketones (excluding diaryl/α,β-unsaturated/α-hetero) is 1. The topological polar surface area (TPSA) is 134 Å². The fourth-order valence-electron chi connectivity index (χ4n) is 4.65. The molecule has 0 aliphatic heterocycles. The summed E-state index contributed by atoms with van der Waals surface area (Å²) in [5, 5.41) is 14.5. The van der Waals surface area contributed by atoms with Crippen LogP contribution in [-0.2, 0) is 41.6 Å². The van der Waals surface area contributed by atoms with E-state index in [9.17, 15) is 14.4 Å². The Morgan fingerprint density at radius 1 is 0.854 bits per heavy atom. The molecule has 2 amide bonds. The summed E-state index contributed by atoms with van der Waals surface area (Å²) in [6.45, 7) is 25.9. The Hall–Kier alpha value is -2.37. The summed E-state index contributed by atoms with van der Waals surface area (Å²) >= 11 is 0. The molecule has 48 heavy (non-hydrogen) atoms. The predicted molar refractivity (Wildman–Crippen MR) is 193 cm³/mol. The number of carbonyl (C=O) groups excluding carboxylic acids is 3. The molecule has 0 radical (unpaired) electrons. The van der Waals surface area contributed by atoms with Gasteiger partial charge in [-0.3, -0.25) is 19.1 Å². The summed E-state index contributed by atoms with van der Waals surface area (Å²) in [4.78, 5) is 37.0. The van der Waals surface area contributed by atoms with Crippen molar-refractivity contribution in [2.45, 2.75) is 152 Å². The zero-order valence-electron chi connectivity index (χ0n) is 32.4. The number of nitrogens with zero attached hydrogens (tertiary/aromatic N) is 3. The summed E-state index contributed by atoms with van der Waals surface area (Å²) < 4.78 is 19.4. The van der Waals surface area contributed by atoms with Gasteiger partial charge in [0.2, 0.25) is 11.8 Å². The van der Waals surface area contributed by atoms with Crippen LogP contribution in [0.5, 0.6) is 0 Å². The largest absolute Gasteiger partial charge is 0.379 e. The van der Waals surface area contributed by atoms with Gasteiger partial charge in [-0.25, -0.2) is 0 Å². The van der Waals surface area contributed by atoms with Gasteiger partial charge in [-0.1, -0.05) is 73.9 Å². The van der Waals surface area contributed by atoms with E-state index in [4.69, 9.17) is 14.2 Å². The Kier molecular flexibility index (Phi) is 24.3. The van der Waals surface area contributed by atoms with Gasteiger partial charge in [0.15, 0.2) is 0 Å². The zero-order valence-corrected chi connectivity index (χ0v) is 32.4. The predicted octanol–water partition coefficient (Wildman–Crippen LogP) is 6.32. The summed E-state index contributed by atoms with van der Waals surface area (Å²) in [5.41, 5.74) is -0.0704. The van der Waals surface area contributed by atoms with Crippen molar-refractivity contribution < 1.29 is 28.6 Å². The third kappa shape index (κ3) is 23.1. The first kappa shape index (κ1) is 45.6. The number of nitrogens with one attached hydrogen (secondary N) is 2. The molecule has 0 saturated heterocycles. The molecule has 0 aromatic carbocycles. The molecule has 1 aromatic rings. The molecule has 0 saturated carbocycles. The number of carbonyl (C=O) groups is 3. The molecule has 1 heterocycles. The maximum Gasteiger partial charge on any atom is 0.220 e. The molecule has 11 heteroatoms. The standard InChI is InChI=1S/C35H65N5O6.C2H6/c1-10-31(41)34(6,7)26-46-35(8,9)18-19-36-32(42)17-14-15-29-21-40(39-38-29)20-13-11-12-16-33(43)37-30(24-44-22-27(2)3)25-45-23-28(4)5;1-2/h21,27-28,30H,10-20,22-26H2,1-9H3,(H,36,42)(H,37,43);1-2H3. The van der Waals surface area contributed by atoms with Gasteiger partial charge in [-0.05, 0) is 57.8 Å². The lowest BCUT2D eigenvalue weighted by molar-refractivity contribution is -0.134. The minimum absolute atomic E-state index is 0.00575. The number of ether oxygens (including phenoxy) is 3. The van der Waals surface area contributed by atoms with Crippen LogP contribution in [0.2, 0.25) is 0 Å². The molecule has 1 aromatic heterocycles. The van der Waals surface area contributed by atoms with E-state index >= 15 is 0 Å². The van der Waals surface area contributed by atoms with E-state index in [2.05, 4.69) is 48.6 Å². The summed E-state index contributed by atoms with van der Waals surface area (Å²) in [6, 6.07) is -0.140. The van der Waals surface area contributed by atoms with Crippen LogP contribution in [0.4, 0.5) is 0 Å². The molecule has 0 atom stereocenters. The lowest BCUT2D eigenvalue weighted by atomic mass is 9.87. The smallest absolute Gasteiger partial charge is 0.220 e. The molecule has 280 valence electrons.